The van der Waals surface area contributed by atoms with Gasteiger partial charge >= 0.3 is 0 Å². The van der Waals surface area contributed by atoms with Crippen LogP contribution < -0.4 is 5.32 Å². The zero-order valence-corrected chi connectivity index (χ0v) is 17.0. The number of amidine groups is 1. The summed E-state index contributed by atoms with van der Waals surface area (Å²) in [6, 6.07) is 15.6. The molecule has 150 valence electrons. The minimum atomic E-state index is -0.452. The second-order valence-corrected chi connectivity index (χ2v) is 7.83. The Balaban J connectivity index is 1.59. The number of carbonyl (C=O) groups is 1. The first-order valence-electron chi connectivity index (χ1n) is 9.10. The summed E-state index contributed by atoms with van der Waals surface area (Å²) in [5, 5.41) is 14.5. The first-order valence-corrected chi connectivity index (χ1v) is 9.92. The Kier molecular flexibility index (Phi) is 5.24. The van der Waals surface area contributed by atoms with E-state index < -0.39 is 4.92 Å². The third-order valence-corrected chi connectivity index (χ3v) is 5.26. The first kappa shape index (κ1) is 19.7. The van der Waals surface area contributed by atoms with E-state index in [0.29, 0.717) is 27.2 Å². The molecule has 30 heavy (non-hydrogen) atoms. The second-order valence-electron chi connectivity index (χ2n) is 6.80. The van der Waals surface area contributed by atoms with Crippen LogP contribution in [-0.4, -0.2) is 16.0 Å². The maximum absolute atomic E-state index is 12.3. The van der Waals surface area contributed by atoms with Crippen molar-refractivity contribution in [2.45, 2.75) is 13.8 Å². The number of nitro groups is 1. The minimum Gasteiger partial charge on any atom is -0.456 e. The number of amides is 1. The molecule has 1 aliphatic rings. The normalized spacial score (nSPS) is 16.3. The van der Waals surface area contributed by atoms with E-state index in [9.17, 15) is 14.9 Å². The van der Waals surface area contributed by atoms with E-state index in [4.69, 9.17) is 4.42 Å². The van der Waals surface area contributed by atoms with Crippen LogP contribution >= 0.6 is 11.8 Å². The van der Waals surface area contributed by atoms with Gasteiger partial charge in [0.2, 0.25) is 0 Å². The van der Waals surface area contributed by atoms with E-state index >= 15 is 0 Å². The molecule has 0 unspecified atom stereocenters. The Bertz CT molecular complexity index is 1210. The molecule has 2 heterocycles. The molecule has 0 radical (unpaired) electrons. The molecule has 2 aromatic carbocycles. The molecule has 1 N–H and O–H groups in total. The average molecular weight is 419 g/mol. The molecule has 0 saturated carbocycles. The van der Waals surface area contributed by atoms with Gasteiger partial charge in [0.05, 0.1) is 21.1 Å². The lowest BCUT2D eigenvalue weighted by atomic mass is 10.1. The van der Waals surface area contributed by atoms with Gasteiger partial charge in [-0.05, 0) is 67.1 Å². The third-order valence-electron chi connectivity index (χ3n) is 4.35. The number of thioether (sulfide) groups is 1. The molecule has 1 saturated heterocycles. The molecule has 1 amide bonds. The largest absolute Gasteiger partial charge is 0.456 e. The van der Waals surface area contributed by atoms with Crippen molar-refractivity contribution in [2.24, 2.45) is 4.99 Å². The SMILES string of the molecule is Cc1cc(C)cc(N=C2NC(=O)C(=Cc3ccc(-c4ccccc4[N+](=O)[O-])o3)S2)c1. The Hall–Kier alpha value is -3.65. The number of aliphatic imine (C=N–C) groups is 1. The molecule has 0 bridgehead atoms. The Morgan fingerprint density at radius 2 is 1.83 bits per heavy atom. The van der Waals surface area contributed by atoms with Crippen LogP contribution in [0.2, 0.25) is 0 Å². The first-order chi connectivity index (χ1) is 14.4. The number of hydrogen-bond acceptors (Lipinski definition) is 6. The van der Waals surface area contributed by atoms with Crippen LogP contribution in [0, 0.1) is 24.0 Å². The number of para-hydroxylation sites is 1. The molecule has 7 nitrogen and oxygen atoms in total. The van der Waals surface area contributed by atoms with E-state index in [2.05, 4.69) is 16.4 Å². The number of nitrogens with one attached hydrogen (secondary N) is 1. The predicted octanol–water partition coefficient (Wildman–Crippen LogP) is 5.36. The van der Waals surface area contributed by atoms with Gasteiger partial charge in [-0.1, -0.05) is 18.2 Å². The fourth-order valence-corrected chi connectivity index (χ4v) is 3.98. The molecule has 0 spiro atoms. The number of rotatable bonds is 4. The summed E-state index contributed by atoms with van der Waals surface area (Å²) in [6.45, 7) is 3.99. The highest BCUT2D eigenvalue weighted by molar-refractivity contribution is 8.18. The summed E-state index contributed by atoms with van der Waals surface area (Å²) in [5.41, 5.74) is 3.30. The second kappa shape index (κ2) is 8.00. The average Bonchev–Trinajstić information content (AvgIpc) is 3.28. The maximum Gasteiger partial charge on any atom is 0.280 e. The molecule has 1 aromatic heterocycles. The highest BCUT2D eigenvalue weighted by Gasteiger charge is 2.25. The third kappa shape index (κ3) is 4.18. The molecular formula is C22H17N3O4S. The van der Waals surface area contributed by atoms with Crippen LogP contribution in [0.1, 0.15) is 16.9 Å². The van der Waals surface area contributed by atoms with E-state index in [1.165, 1.54) is 17.8 Å². The summed E-state index contributed by atoms with van der Waals surface area (Å²) in [5.74, 6) is 0.516. The van der Waals surface area contributed by atoms with Gasteiger partial charge in [-0.25, -0.2) is 4.99 Å². The summed E-state index contributed by atoms with van der Waals surface area (Å²) in [7, 11) is 0. The minimum absolute atomic E-state index is 0.0399. The maximum atomic E-state index is 12.3. The van der Waals surface area contributed by atoms with Crippen molar-refractivity contribution in [1.82, 2.24) is 5.32 Å². The highest BCUT2D eigenvalue weighted by Crippen LogP contribution is 2.33. The smallest absolute Gasteiger partial charge is 0.280 e. The van der Waals surface area contributed by atoms with Crippen LogP contribution in [0.25, 0.3) is 17.4 Å². The van der Waals surface area contributed by atoms with Crippen molar-refractivity contribution in [2.75, 3.05) is 0 Å². The van der Waals surface area contributed by atoms with E-state index in [1.54, 1.807) is 36.4 Å². The van der Waals surface area contributed by atoms with Crippen LogP contribution in [0.15, 0.2) is 68.9 Å². The van der Waals surface area contributed by atoms with Crippen LogP contribution in [0.5, 0.6) is 0 Å². The van der Waals surface area contributed by atoms with Crippen molar-refractivity contribution in [3.8, 4) is 11.3 Å². The lowest BCUT2D eigenvalue weighted by molar-refractivity contribution is -0.384. The number of nitrogens with zero attached hydrogens (tertiary/aromatic N) is 2. The standard InChI is InChI=1S/C22H17N3O4S/c1-13-9-14(2)11-15(10-13)23-22-24-21(26)20(30-22)12-16-7-8-19(29-16)17-5-3-4-6-18(17)25(27)28/h3-12H,1-2H3,(H,23,24,26). The van der Waals surface area contributed by atoms with Gasteiger partial charge in [0, 0.05) is 12.1 Å². The Morgan fingerprint density at radius 3 is 2.57 bits per heavy atom. The number of benzene rings is 2. The van der Waals surface area contributed by atoms with Gasteiger partial charge in [-0.15, -0.1) is 0 Å². The van der Waals surface area contributed by atoms with Crippen molar-refractivity contribution >= 4 is 40.3 Å². The topological polar surface area (TPSA) is 97.7 Å². The summed E-state index contributed by atoms with van der Waals surface area (Å²) < 4.78 is 5.74. The van der Waals surface area contributed by atoms with E-state index in [1.807, 2.05) is 26.0 Å². The van der Waals surface area contributed by atoms with Gasteiger partial charge in [0.25, 0.3) is 11.6 Å². The lowest BCUT2D eigenvalue weighted by Gasteiger charge is -2.00. The summed E-state index contributed by atoms with van der Waals surface area (Å²) >= 11 is 1.22. The fraction of sp³-hybridized carbons (Fsp3) is 0.0909. The number of carbonyl (C=O) groups excluding carboxylic acids is 1. The molecule has 1 fully saturated rings. The van der Waals surface area contributed by atoms with Gasteiger partial charge in [-0.3, -0.25) is 14.9 Å². The van der Waals surface area contributed by atoms with E-state index in [0.717, 1.165) is 16.8 Å². The van der Waals surface area contributed by atoms with E-state index in [-0.39, 0.29) is 11.6 Å². The quantitative estimate of drug-likeness (QED) is 0.349. The predicted molar refractivity (Wildman–Crippen MR) is 118 cm³/mol. The molecule has 1 aliphatic heterocycles. The number of nitro benzene ring substituents is 1. The zero-order chi connectivity index (χ0) is 21.3. The monoisotopic (exact) mass is 419 g/mol. The van der Waals surface area contributed by atoms with Crippen molar-refractivity contribution in [3.63, 3.8) is 0 Å². The van der Waals surface area contributed by atoms with Crippen LogP contribution in [-0.2, 0) is 4.79 Å². The van der Waals surface area contributed by atoms with Crippen molar-refractivity contribution in [1.29, 1.82) is 0 Å². The molecule has 8 heteroatoms. The molecular weight excluding hydrogens is 402 g/mol. The van der Waals surface area contributed by atoms with Gasteiger partial charge < -0.3 is 9.73 Å². The highest BCUT2D eigenvalue weighted by atomic mass is 32.2. The Labute approximate surface area is 176 Å². The van der Waals surface area contributed by atoms with Crippen molar-refractivity contribution in [3.05, 3.63) is 86.5 Å². The zero-order valence-electron chi connectivity index (χ0n) is 16.2. The number of aryl methyl sites for hydroxylation is 2. The van der Waals surface area contributed by atoms with Gasteiger partial charge in [0.15, 0.2) is 5.17 Å². The lowest BCUT2D eigenvalue weighted by Crippen LogP contribution is -2.19. The van der Waals surface area contributed by atoms with Crippen molar-refractivity contribution < 1.29 is 14.1 Å². The fourth-order valence-electron chi connectivity index (χ4n) is 3.16. The Morgan fingerprint density at radius 1 is 1.10 bits per heavy atom. The molecule has 0 aliphatic carbocycles. The van der Waals surface area contributed by atoms with Gasteiger partial charge in [0.1, 0.15) is 11.5 Å². The van der Waals surface area contributed by atoms with Crippen LogP contribution in [0.4, 0.5) is 11.4 Å². The summed E-state index contributed by atoms with van der Waals surface area (Å²) in [4.78, 5) is 28.0. The number of furan rings is 1. The number of hydrogen-bond donors (Lipinski definition) is 1. The molecule has 3 aromatic rings. The molecule has 4 rings (SSSR count). The van der Waals surface area contributed by atoms with Gasteiger partial charge in [-0.2, -0.15) is 0 Å². The summed E-state index contributed by atoms with van der Waals surface area (Å²) in [6.07, 6.45) is 1.60. The molecule has 0 atom stereocenters. The van der Waals surface area contributed by atoms with Crippen LogP contribution in [0.3, 0.4) is 0 Å².